The largest absolute Gasteiger partial charge is 0.304 e. The highest BCUT2D eigenvalue weighted by Gasteiger charge is 1.97. The Kier molecular flexibility index (Phi) is 1.30. The summed E-state index contributed by atoms with van der Waals surface area (Å²) in [5.74, 6) is 0. The molecular weight excluding hydrogens is 298 g/mol. The first kappa shape index (κ1) is 4.70. The molecule has 0 saturated heterocycles. The Bertz CT molecular complexity index is 642. The van der Waals surface area contributed by atoms with Crippen molar-refractivity contribution in [2.45, 2.75) is 0 Å². The molecule has 0 N–H and O–H groups in total. The van der Waals surface area contributed by atoms with Crippen molar-refractivity contribution < 1.29 is 6.85 Å². The molecule has 0 saturated carbocycles. The van der Waals surface area contributed by atoms with Crippen molar-refractivity contribution in [1.29, 1.82) is 0 Å². The summed E-state index contributed by atoms with van der Waals surface area (Å²) in [5, 5.41) is 0. The van der Waals surface area contributed by atoms with Crippen LogP contribution in [0.15, 0.2) is 39.9 Å². The zero-order chi connectivity index (χ0) is 13.6. The molecule has 0 aliphatic rings. The lowest BCUT2D eigenvalue weighted by atomic mass is 10.4. The number of pyridine rings is 1. The van der Waals surface area contributed by atoms with E-state index < -0.39 is 0 Å². The van der Waals surface area contributed by atoms with Gasteiger partial charge in [0.2, 0.25) is 0 Å². The summed E-state index contributed by atoms with van der Waals surface area (Å²) in [6.07, 6.45) is -0.752. The maximum atomic E-state index is 7.81. The lowest BCUT2D eigenvalue weighted by Gasteiger charge is -1.99. The van der Waals surface area contributed by atoms with E-state index in [0.717, 1.165) is 4.57 Å². The van der Waals surface area contributed by atoms with Crippen molar-refractivity contribution in [3.63, 3.8) is 0 Å². The summed E-state index contributed by atoms with van der Waals surface area (Å²) in [4.78, 5) is 7.46. The molecule has 3 nitrogen and oxygen atoms in total. The van der Waals surface area contributed by atoms with Crippen molar-refractivity contribution in [3.05, 3.63) is 39.9 Å². The average molecular weight is 308 g/mol. The first-order chi connectivity index (χ1) is 8.34. The molecule has 0 aliphatic carbocycles. The highest BCUT2D eigenvalue weighted by molar-refractivity contribution is 9.10. The van der Waals surface area contributed by atoms with Crippen molar-refractivity contribution in [1.82, 2.24) is 14.5 Å². The van der Waals surface area contributed by atoms with Crippen molar-refractivity contribution in [2.24, 2.45) is 0 Å². The van der Waals surface area contributed by atoms with Crippen molar-refractivity contribution in [2.75, 3.05) is 0 Å². The van der Waals surface area contributed by atoms with Gasteiger partial charge in [-0.2, -0.15) is 0 Å². The van der Waals surface area contributed by atoms with Crippen LogP contribution in [0.5, 0.6) is 0 Å². The molecule has 2 aromatic heterocycles. The smallest absolute Gasteiger partial charge is 0.124 e. The van der Waals surface area contributed by atoms with Gasteiger partial charge in [-0.05, 0) is 43.9 Å². The third-order valence-corrected chi connectivity index (χ3v) is 1.95. The summed E-state index contributed by atoms with van der Waals surface area (Å²) in [7, 11) is 0. The van der Waals surface area contributed by atoms with Crippen LogP contribution in [0.2, 0.25) is 0 Å². The molecule has 0 fully saturated rings. The van der Waals surface area contributed by atoms with Gasteiger partial charge < -0.3 is 4.57 Å². The molecule has 0 spiro atoms. The molecule has 66 valence electrons. The first-order valence-electron chi connectivity index (χ1n) is 5.69. The lowest BCUT2D eigenvalue weighted by Crippen LogP contribution is -1.90. The Morgan fingerprint density at radius 3 is 2.77 bits per heavy atom. The zero-order valence-corrected chi connectivity index (χ0v) is 9.27. The molecule has 5 heteroatoms. The second-order valence-electron chi connectivity index (χ2n) is 2.06. The summed E-state index contributed by atoms with van der Waals surface area (Å²) < 4.78 is 39.7. The van der Waals surface area contributed by atoms with Crippen molar-refractivity contribution in [3.8, 4) is 5.69 Å². The zero-order valence-electron chi connectivity index (χ0n) is 11.1. The van der Waals surface area contributed by atoms with Gasteiger partial charge in [-0.1, -0.05) is 0 Å². The minimum Gasteiger partial charge on any atom is -0.304 e. The predicted molar refractivity (Wildman–Crippen MR) is 56.8 cm³/mol. The minimum atomic E-state index is -0.297. The van der Waals surface area contributed by atoms with E-state index in [1.807, 2.05) is 0 Å². The number of halogens is 2. The number of rotatable bonds is 1. The van der Waals surface area contributed by atoms with Crippen LogP contribution in [-0.2, 0) is 0 Å². The van der Waals surface area contributed by atoms with E-state index in [9.17, 15) is 0 Å². The quantitative estimate of drug-likeness (QED) is 0.759. The highest BCUT2D eigenvalue weighted by atomic mass is 79.9. The fraction of sp³-hybridized carbons (Fsp3) is 0. The number of aromatic nitrogens is 3. The number of imidazole rings is 1. The summed E-state index contributed by atoms with van der Waals surface area (Å²) in [6, 6.07) is -0.488. The van der Waals surface area contributed by atoms with E-state index in [1.165, 1.54) is 0 Å². The van der Waals surface area contributed by atoms with E-state index >= 15 is 0 Å². The molecule has 2 rings (SSSR count). The number of hydrogen-bond acceptors (Lipinski definition) is 2. The molecule has 0 unspecified atom stereocenters. The SMILES string of the molecule is [2H]c1nc(Br)c([2H])c([2H])c1-n1c([2H])nc(Br)c1[2H]. The maximum absolute atomic E-state index is 7.81. The Labute approximate surface area is 99.1 Å². The molecular formula is C8H5Br2N3. The lowest BCUT2D eigenvalue weighted by molar-refractivity contribution is 1.03. The van der Waals surface area contributed by atoms with Crippen LogP contribution < -0.4 is 0 Å². The third kappa shape index (κ3) is 1.97. The first-order valence-corrected chi connectivity index (χ1v) is 4.78. The van der Waals surface area contributed by atoms with Gasteiger partial charge in [0.25, 0.3) is 0 Å². The van der Waals surface area contributed by atoms with E-state index in [1.54, 1.807) is 0 Å². The van der Waals surface area contributed by atoms with Crippen LogP contribution >= 0.6 is 31.9 Å². The standard InChI is InChI=1S/C8H5Br2N3/c9-7-2-1-6(3-11-7)13-4-8(10)12-5-13/h1-5H/i1D,2D,3D,4D,5D. The molecule has 0 amide bonds. The van der Waals surface area contributed by atoms with E-state index in [0.29, 0.717) is 0 Å². The van der Waals surface area contributed by atoms with Crippen LogP contribution in [0, 0.1) is 0 Å². The van der Waals surface area contributed by atoms with E-state index in [-0.39, 0.29) is 45.6 Å². The second-order valence-corrected chi connectivity index (χ2v) is 3.57. The molecule has 0 aliphatic heterocycles. The predicted octanol–water partition coefficient (Wildman–Crippen LogP) is 2.79. The fourth-order valence-electron chi connectivity index (χ4n) is 0.717. The third-order valence-electron chi connectivity index (χ3n) is 1.22. The number of hydrogen-bond donors (Lipinski definition) is 0. The van der Waals surface area contributed by atoms with Gasteiger partial charge >= 0.3 is 0 Å². The summed E-state index contributed by atoms with van der Waals surface area (Å²) >= 11 is 5.99. The number of nitrogens with zero attached hydrogens (tertiary/aromatic N) is 3. The van der Waals surface area contributed by atoms with Gasteiger partial charge in [-0.25, -0.2) is 9.97 Å². The van der Waals surface area contributed by atoms with E-state index in [2.05, 4.69) is 41.8 Å². The van der Waals surface area contributed by atoms with Crippen LogP contribution in [0.3, 0.4) is 0 Å². The van der Waals surface area contributed by atoms with Crippen molar-refractivity contribution >= 4 is 31.9 Å². The Morgan fingerprint density at radius 2 is 2.08 bits per heavy atom. The summed E-state index contributed by atoms with van der Waals surface area (Å²) in [5.41, 5.74) is -0.101. The van der Waals surface area contributed by atoms with Gasteiger partial charge in [0, 0.05) is 6.17 Å². The van der Waals surface area contributed by atoms with Gasteiger partial charge in [0.05, 0.1) is 17.3 Å². The molecule has 13 heavy (non-hydrogen) atoms. The second kappa shape index (κ2) is 3.59. The molecule has 0 atom stereocenters. The van der Waals surface area contributed by atoms with Crippen LogP contribution in [-0.4, -0.2) is 14.5 Å². The molecule has 2 heterocycles. The van der Waals surface area contributed by atoms with E-state index in [4.69, 9.17) is 6.85 Å². The van der Waals surface area contributed by atoms with Gasteiger partial charge in [0.15, 0.2) is 0 Å². The fourth-order valence-corrected chi connectivity index (χ4v) is 1.16. The Hall–Kier alpha value is -0.680. The monoisotopic (exact) mass is 306 g/mol. The molecule has 2 aromatic rings. The van der Waals surface area contributed by atoms with Gasteiger partial charge in [-0.3, -0.25) is 0 Å². The maximum Gasteiger partial charge on any atom is 0.124 e. The highest BCUT2D eigenvalue weighted by Crippen LogP contribution is 2.13. The Morgan fingerprint density at radius 1 is 1.23 bits per heavy atom. The molecule has 0 aromatic carbocycles. The minimum absolute atomic E-state index is 0.0819. The Balaban J connectivity index is 2.83. The van der Waals surface area contributed by atoms with Crippen LogP contribution in [0.25, 0.3) is 5.69 Å². The van der Waals surface area contributed by atoms with Crippen LogP contribution in [0.4, 0.5) is 0 Å². The summed E-state index contributed by atoms with van der Waals surface area (Å²) in [6.45, 7) is 0. The van der Waals surface area contributed by atoms with Gasteiger partial charge in [-0.15, -0.1) is 0 Å². The van der Waals surface area contributed by atoms with Gasteiger partial charge in [0.1, 0.15) is 16.9 Å². The molecule has 0 radical (unpaired) electrons. The van der Waals surface area contributed by atoms with Crippen LogP contribution in [0.1, 0.15) is 6.85 Å². The average Bonchev–Trinajstić information content (AvgIpc) is 2.53. The topological polar surface area (TPSA) is 30.7 Å². The molecule has 0 bridgehead atoms. The normalized spacial score (nSPS) is 15.7.